The van der Waals surface area contributed by atoms with E-state index in [0.29, 0.717) is 5.92 Å². The summed E-state index contributed by atoms with van der Waals surface area (Å²) in [5, 5.41) is 0. The zero-order valence-corrected chi connectivity index (χ0v) is 10.9. The van der Waals surface area contributed by atoms with E-state index in [2.05, 4.69) is 18.6 Å². The Morgan fingerprint density at radius 3 is 2.67 bits per heavy atom. The van der Waals surface area contributed by atoms with Crippen LogP contribution in [0.1, 0.15) is 44.7 Å². The van der Waals surface area contributed by atoms with Gasteiger partial charge in [-0.15, -0.1) is 0 Å². The van der Waals surface area contributed by atoms with Crippen LogP contribution in [0.15, 0.2) is 24.3 Å². The first-order valence-corrected chi connectivity index (χ1v) is 6.33. The van der Waals surface area contributed by atoms with Gasteiger partial charge >= 0.3 is 6.61 Å². The first kappa shape index (κ1) is 14.9. The molecule has 0 radical (unpaired) electrons. The van der Waals surface area contributed by atoms with Crippen LogP contribution >= 0.6 is 0 Å². The van der Waals surface area contributed by atoms with Crippen LogP contribution in [0.2, 0.25) is 0 Å². The number of halogens is 2. The van der Waals surface area contributed by atoms with Gasteiger partial charge in [-0.3, -0.25) is 0 Å². The molecular formula is C14H21F2NO. The normalized spacial score (nSPS) is 14.6. The minimum absolute atomic E-state index is 0.132. The molecule has 1 aromatic carbocycles. The summed E-state index contributed by atoms with van der Waals surface area (Å²) in [5.41, 5.74) is 6.93. The molecule has 0 aromatic heterocycles. The lowest BCUT2D eigenvalue weighted by atomic mass is 9.93. The van der Waals surface area contributed by atoms with Crippen molar-refractivity contribution in [3.05, 3.63) is 29.8 Å². The minimum Gasteiger partial charge on any atom is -0.435 e. The summed E-state index contributed by atoms with van der Waals surface area (Å²) in [4.78, 5) is 0. The highest BCUT2D eigenvalue weighted by molar-refractivity contribution is 5.30. The van der Waals surface area contributed by atoms with Crippen LogP contribution in [0.25, 0.3) is 0 Å². The van der Waals surface area contributed by atoms with Crippen LogP contribution in [0.3, 0.4) is 0 Å². The van der Waals surface area contributed by atoms with Gasteiger partial charge in [-0.2, -0.15) is 8.78 Å². The molecule has 0 saturated carbocycles. The largest absolute Gasteiger partial charge is 0.435 e. The highest BCUT2D eigenvalue weighted by atomic mass is 19.3. The van der Waals surface area contributed by atoms with Crippen LogP contribution in [0.4, 0.5) is 8.78 Å². The van der Waals surface area contributed by atoms with E-state index in [1.165, 1.54) is 6.07 Å². The third kappa shape index (κ3) is 5.00. The fourth-order valence-electron chi connectivity index (χ4n) is 2.10. The molecule has 0 aliphatic heterocycles. The fraction of sp³-hybridized carbons (Fsp3) is 0.571. The standard InChI is InChI=1S/C14H21F2NO/c1-3-5-10(2)8-13(17)11-6-4-7-12(9-11)18-14(15)16/h4,6-7,9-10,13-14H,3,5,8,17H2,1-2H3. The van der Waals surface area contributed by atoms with Crippen molar-refractivity contribution < 1.29 is 13.5 Å². The lowest BCUT2D eigenvalue weighted by Gasteiger charge is -2.17. The summed E-state index contributed by atoms with van der Waals surface area (Å²) in [7, 11) is 0. The lowest BCUT2D eigenvalue weighted by Crippen LogP contribution is -2.14. The molecule has 1 aromatic rings. The Morgan fingerprint density at radius 1 is 1.33 bits per heavy atom. The second kappa shape index (κ2) is 7.31. The van der Waals surface area contributed by atoms with E-state index in [-0.39, 0.29) is 11.8 Å². The van der Waals surface area contributed by atoms with Gasteiger partial charge in [0.05, 0.1) is 0 Å². The number of alkyl halides is 2. The molecule has 2 atom stereocenters. The van der Waals surface area contributed by atoms with E-state index >= 15 is 0 Å². The Bertz CT molecular complexity index is 357. The van der Waals surface area contributed by atoms with Gasteiger partial charge in [0.2, 0.25) is 0 Å². The van der Waals surface area contributed by atoms with Crippen molar-refractivity contribution >= 4 is 0 Å². The third-order valence-corrected chi connectivity index (χ3v) is 2.95. The Hall–Kier alpha value is -1.16. The molecule has 0 heterocycles. The Morgan fingerprint density at radius 2 is 2.06 bits per heavy atom. The van der Waals surface area contributed by atoms with Crippen molar-refractivity contribution in [3.8, 4) is 5.75 Å². The van der Waals surface area contributed by atoms with Crippen molar-refractivity contribution in [1.82, 2.24) is 0 Å². The smallest absolute Gasteiger partial charge is 0.387 e. The van der Waals surface area contributed by atoms with Crippen molar-refractivity contribution in [2.24, 2.45) is 11.7 Å². The maximum atomic E-state index is 12.1. The molecule has 18 heavy (non-hydrogen) atoms. The molecule has 0 fully saturated rings. The van der Waals surface area contributed by atoms with Crippen molar-refractivity contribution in [3.63, 3.8) is 0 Å². The quantitative estimate of drug-likeness (QED) is 0.797. The molecule has 0 spiro atoms. The van der Waals surface area contributed by atoms with Gasteiger partial charge in [0.25, 0.3) is 0 Å². The summed E-state index contributed by atoms with van der Waals surface area (Å²) in [6.07, 6.45) is 3.11. The topological polar surface area (TPSA) is 35.2 Å². The maximum absolute atomic E-state index is 12.1. The van der Waals surface area contributed by atoms with Gasteiger partial charge in [-0.25, -0.2) is 0 Å². The number of hydrogen-bond donors (Lipinski definition) is 1. The maximum Gasteiger partial charge on any atom is 0.387 e. The zero-order chi connectivity index (χ0) is 13.5. The first-order valence-electron chi connectivity index (χ1n) is 6.33. The molecule has 2 nitrogen and oxygen atoms in total. The van der Waals surface area contributed by atoms with Gasteiger partial charge in [-0.05, 0) is 30.0 Å². The van der Waals surface area contributed by atoms with Crippen LogP contribution < -0.4 is 10.5 Å². The monoisotopic (exact) mass is 257 g/mol. The number of benzene rings is 1. The summed E-state index contributed by atoms with van der Waals surface area (Å²) in [6.45, 7) is 1.50. The molecule has 0 aliphatic rings. The third-order valence-electron chi connectivity index (χ3n) is 2.95. The highest BCUT2D eigenvalue weighted by Crippen LogP contribution is 2.25. The van der Waals surface area contributed by atoms with E-state index in [4.69, 9.17) is 5.73 Å². The van der Waals surface area contributed by atoms with E-state index in [9.17, 15) is 8.78 Å². The van der Waals surface area contributed by atoms with E-state index in [0.717, 1.165) is 24.8 Å². The predicted octanol–water partition coefficient (Wildman–Crippen LogP) is 4.11. The second-order valence-electron chi connectivity index (χ2n) is 4.69. The average Bonchev–Trinajstić information content (AvgIpc) is 2.28. The van der Waals surface area contributed by atoms with Gasteiger partial charge in [0.15, 0.2) is 0 Å². The summed E-state index contributed by atoms with van der Waals surface area (Å²) in [6, 6.07) is 6.51. The molecule has 4 heteroatoms. The Kier molecular flexibility index (Phi) is 6.05. The van der Waals surface area contributed by atoms with Crippen LogP contribution in [-0.2, 0) is 0 Å². The minimum atomic E-state index is -2.80. The molecule has 0 amide bonds. The van der Waals surface area contributed by atoms with Crippen LogP contribution in [0, 0.1) is 5.92 Å². The summed E-state index contributed by atoms with van der Waals surface area (Å²) >= 11 is 0. The lowest BCUT2D eigenvalue weighted by molar-refractivity contribution is -0.0499. The summed E-state index contributed by atoms with van der Waals surface area (Å²) < 4.78 is 28.6. The Labute approximate surface area is 107 Å². The number of rotatable bonds is 7. The van der Waals surface area contributed by atoms with E-state index in [1.807, 2.05) is 6.07 Å². The van der Waals surface area contributed by atoms with Gasteiger partial charge in [0.1, 0.15) is 5.75 Å². The molecule has 0 aliphatic carbocycles. The van der Waals surface area contributed by atoms with E-state index in [1.54, 1.807) is 12.1 Å². The fourth-order valence-corrected chi connectivity index (χ4v) is 2.10. The SMILES string of the molecule is CCCC(C)CC(N)c1cccc(OC(F)F)c1. The van der Waals surface area contributed by atoms with Crippen LogP contribution in [0.5, 0.6) is 5.75 Å². The summed E-state index contributed by atoms with van der Waals surface area (Å²) in [5.74, 6) is 0.700. The number of ether oxygens (including phenoxy) is 1. The molecule has 1 rings (SSSR count). The molecule has 2 N–H and O–H groups in total. The first-order chi connectivity index (χ1) is 8.52. The van der Waals surface area contributed by atoms with E-state index < -0.39 is 6.61 Å². The number of hydrogen-bond acceptors (Lipinski definition) is 2. The molecular weight excluding hydrogens is 236 g/mol. The van der Waals surface area contributed by atoms with Crippen molar-refractivity contribution in [2.45, 2.75) is 45.8 Å². The second-order valence-corrected chi connectivity index (χ2v) is 4.69. The van der Waals surface area contributed by atoms with Gasteiger partial charge < -0.3 is 10.5 Å². The van der Waals surface area contributed by atoms with Crippen molar-refractivity contribution in [2.75, 3.05) is 0 Å². The van der Waals surface area contributed by atoms with Crippen molar-refractivity contribution in [1.29, 1.82) is 0 Å². The highest BCUT2D eigenvalue weighted by Gasteiger charge is 2.12. The molecule has 0 bridgehead atoms. The average molecular weight is 257 g/mol. The molecule has 102 valence electrons. The Balaban J connectivity index is 2.64. The zero-order valence-electron chi connectivity index (χ0n) is 10.9. The van der Waals surface area contributed by atoms with Gasteiger partial charge in [0, 0.05) is 6.04 Å². The predicted molar refractivity (Wildman–Crippen MR) is 68.7 cm³/mol. The van der Waals surface area contributed by atoms with Gasteiger partial charge in [-0.1, -0.05) is 38.8 Å². The molecule has 2 unspecified atom stereocenters. The molecule has 0 saturated heterocycles. The number of nitrogens with two attached hydrogens (primary N) is 1. The van der Waals surface area contributed by atoms with Crippen LogP contribution in [-0.4, -0.2) is 6.61 Å².